The van der Waals surface area contributed by atoms with E-state index in [-0.39, 0.29) is 10.4 Å². The minimum absolute atomic E-state index is 0. The fourth-order valence-electron chi connectivity index (χ4n) is 3.35. The van der Waals surface area contributed by atoms with Gasteiger partial charge in [0.1, 0.15) is 0 Å². The topological polar surface area (TPSA) is 72.1 Å². The average Bonchev–Trinajstić information content (AvgIpc) is 2.66. The molecule has 0 bridgehead atoms. The van der Waals surface area contributed by atoms with Crippen LogP contribution in [0.4, 0.5) is 5.69 Å². The molecule has 0 saturated carbocycles. The molecule has 0 saturated heterocycles. The number of sulfonamides is 1. The molecule has 1 aliphatic heterocycles. The van der Waals surface area contributed by atoms with Crippen LogP contribution in [0.2, 0.25) is 0 Å². The van der Waals surface area contributed by atoms with Crippen molar-refractivity contribution in [1.29, 1.82) is 0 Å². The van der Waals surface area contributed by atoms with Gasteiger partial charge in [-0.25, -0.2) is 0 Å². The van der Waals surface area contributed by atoms with E-state index in [2.05, 4.69) is 11.9 Å². The maximum absolute atomic E-state index is 13.0. The van der Waals surface area contributed by atoms with Crippen molar-refractivity contribution in [3.63, 3.8) is 0 Å². The molecule has 0 aromatic heterocycles. The van der Waals surface area contributed by atoms with Gasteiger partial charge in [-0.1, -0.05) is 36.4 Å². The highest BCUT2D eigenvalue weighted by molar-refractivity contribution is 7.94. The Hall–Kier alpha value is -2.12. The van der Waals surface area contributed by atoms with Crippen molar-refractivity contribution in [3.8, 4) is 0 Å². The Kier molecular flexibility index (Phi) is 5.44. The van der Waals surface area contributed by atoms with Crippen LogP contribution in [0.25, 0.3) is 10.8 Å². The van der Waals surface area contributed by atoms with Gasteiger partial charge in [-0.2, -0.15) is 12.2 Å². The molecule has 142 valence electrons. The van der Waals surface area contributed by atoms with Crippen LogP contribution in [0.15, 0.2) is 65.6 Å². The van der Waals surface area contributed by atoms with Crippen molar-refractivity contribution < 1.29 is 13.9 Å². The smallest absolute Gasteiger partial charge is 0.278 e. The van der Waals surface area contributed by atoms with Gasteiger partial charge in [0.2, 0.25) is 0 Å². The number of halogens is 1. The lowest BCUT2D eigenvalue weighted by Gasteiger charge is -2.26. The predicted octanol–water partition coefficient (Wildman–Crippen LogP) is 3.35. The zero-order chi connectivity index (χ0) is 18.3. The largest absolute Gasteiger partial charge is 0.412 e. The minimum atomic E-state index is -3.83. The number of hydrogen-bond acceptors (Lipinski definition) is 3. The third kappa shape index (κ3) is 3.66. The van der Waals surface area contributed by atoms with Gasteiger partial charge in [0.15, 0.2) is 0 Å². The monoisotopic (exact) mass is 404 g/mol. The molecular formula is C20H21ClN2O3S. The Bertz CT molecular complexity index is 1090. The fraction of sp³-hybridized carbons (Fsp3) is 0.200. The summed E-state index contributed by atoms with van der Waals surface area (Å²) < 4.78 is 26.8. The van der Waals surface area contributed by atoms with Gasteiger partial charge >= 0.3 is 0 Å². The van der Waals surface area contributed by atoms with Crippen molar-refractivity contribution in [2.75, 3.05) is 17.4 Å². The third-order valence-corrected chi connectivity index (χ3v) is 7.05. The van der Waals surface area contributed by atoms with Crippen LogP contribution in [-0.4, -0.2) is 32.4 Å². The summed E-state index contributed by atoms with van der Waals surface area (Å²) in [6.07, 6.45) is 0.889. The Morgan fingerprint density at radius 3 is 2.48 bits per heavy atom. The van der Waals surface area contributed by atoms with Crippen LogP contribution >= 0.6 is 11.8 Å². The molecule has 3 aromatic carbocycles. The van der Waals surface area contributed by atoms with E-state index in [1.165, 1.54) is 5.56 Å². The molecule has 0 radical (unpaired) electrons. The molecule has 1 heterocycles. The van der Waals surface area contributed by atoms with Gasteiger partial charge in [-0.05, 0) is 59.6 Å². The van der Waals surface area contributed by atoms with Crippen molar-refractivity contribution in [3.05, 3.63) is 71.8 Å². The van der Waals surface area contributed by atoms with Crippen LogP contribution in [-0.2, 0) is 23.0 Å². The van der Waals surface area contributed by atoms with E-state index in [9.17, 15) is 8.42 Å². The first-order valence-corrected chi connectivity index (χ1v) is 10.2. The van der Waals surface area contributed by atoms with Gasteiger partial charge in [0, 0.05) is 24.9 Å². The number of rotatable bonds is 3. The summed E-state index contributed by atoms with van der Waals surface area (Å²) >= 11 is 6.29. The molecule has 0 spiro atoms. The summed E-state index contributed by atoms with van der Waals surface area (Å²) in [6.45, 7) is 1.82. The molecule has 2 N–H and O–H groups in total. The average molecular weight is 405 g/mol. The summed E-state index contributed by atoms with van der Waals surface area (Å²) in [7, 11) is -1.75. The molecule has 0 unspecified atom stereocenters. The second-order valence-electron chi connectivity index (χ2n) is 6.67. The molecule has 7 heteroatoms. The lowest BCUT2D eigenvalue weighted by Crippen LogP contribution is -2.27. The number of anilines is 1. The van der Waals surface area contributed by atoms with Crippen molar-refractivity contribution in [2.45, 2.75) is 17.9 Å². The normalized spacial score (nSPS) is 14.4. The van der Waals surface area contributed by atoms with E-state index in [4.69, 9.17) is 11.8 Å². The first-order valence-electron chi connectivity index (χ1n) is 8.45. The molecule has 0 atom stereocenters. The summed E-state index contributed by atoms with van der Waals surface area (Å²) in [5, 5.41) is 1.86. The Morgan fingerprint density at radius 2 is 1.70 bits per heavy atom. The molecule has 0 amide bonds. The highest BCUT2D eigenvalue weighted by atomic mass is 35.5. The number of hydrogen-bond donors (Lipinski definition) is 0. The van der Waals surface area contributed by atoms with Crippen LogP contribution in [0.1, 0.15) is 11.1 Å². The quantitative estimate of drug-likeness (QED) is 0.628. The third-order valence-electron chi connectivity index (χ3n) is 4.83. The molecular weight excluding hydrogens is 384 g/mol. The molecule has 3 aromatic rings. The van der Waals surface area contributed by atoms with Crippen LogP contribution < -0.4 is 3.82 Å². The number of fused-ring (bicyclic) bond motifs is 2. The lowest BCUT2D eigenvalue weighted by molar-refractivity contribution is 0.313. The molecule has 0 fully saturated rings. The van der Waals surface area contributed by atoms with Crippen molar-refractivity contribution in [2.24, 2.45) is 0 Å². The van der Waals surface area contributed by atoms with Gasteiger partial charge < -0.3 is 10.4 Å². The standard InChI is InChI=1S/C20H19ClN2O2S.H2O/c1-22-11-10-17-12-19(8-6-18(17)14-22)23(21)26(24,25)20-9-7-15-4-2-3-5-16(15)13-20;/h2-9,12-13H,10-11,14H2,1H3;1H2. The Morgan fingerprint density at radius 1 is 0.963 bits per heavy atom. The van der Waals surface area contributed by atoms with Gasteiger partial charge in [-0.15, -0.1) is 0 Å². The summed E-state index contributed by atoms with van der Waals surface area (Å²) in [5.74, 6) is 0. The summed E-state index contributed by atoms with van der Waals surface area (Å²) in [4.78, 5) is 2.43. The zero-order valence-corrected chi connectivity index (χ0v) is 16.5. The molecule has 4 rings (SSSR count). The first-order chi connectivity index (χ1) is 12.4. The highest BCUT2D eigenvalue weighted by Crippen LogP contribution is 2.30. The fourth-order valence-corrected chi connectivity index (χ4v) is 4.79. The van der Waals surface area contributed by atoms with Crippen LogP contribution in [0.5, 0.6) is 0 Å². The maximum atomic E-state index is 13.0. The molecule has 5 nitrogen and oxygen atoms in total. The first kappa shape index (κ1) is 19.6. The van der Waals surface area contributed by atoms with E-state index in [1.807, 2.05) is 36.4 Å². The maximum Gasteiger partial charge on any atom is 0.278 e. The molecule has 27 heavy (non-hydrogen) atoms. The zero-order valence-electron chi connectivity index (χ0n) is 14.9. The van der Waals surface area contributed by atoms with E-state index < -0.39 is 10.0 Å². The molecule has 1 aliphatic rings. The van der Waals surface area contributed by atoms with Crippen molar-refractivity contribution in [1.82, 2.24) is 4.90 Å². The lowest BCUT2D eigenvalue weighted by atomic mass is 10.00. The van der Waals surface area contributed by atoms with Gasteiger partial charge in [0.25, 0.3) is 10.0 Å². The van der Waals surface area contributed by atoms with E-state index >= 15 is 0 Å². The second kappa shape index (κ2) is 7.48. The van der Waals surface area contributed by atoms with Crippen LogP contribution in [0, 0.1) is 0 Å². The second-order valence-corrected chi connectivity index (χ2v) is 8.99. The number of likely N-dealkylation sites (N-methyl/N-ethyl adjacent to an activating group) is 1. The number of nitrogens with zero attached hydrogens (tertiary/aromatic N) is 2. The van der Waals surface area contributed by atoms with Gasteiger partial charge in [0.05, 0.1) is 10.6 Å². The SMILES string of the molecule is CN1CCc2cc(N(Cl)S(=O)(=O)c3ccc4ccccc4c3)ccc2C1.O. The molecule has 0 aliphatic carbocycles. The minimum Gasteiger partial charge on any atom is -0.412 e. The number of benzene rings is 3. The van der Waals surface area contributed by atoms with E-state index in [0.717, 1.165) is 39.7 Å². The Labute approximate surface area is 164 Å². The summed E-state index contributed by atoms with van der Waals surface area (Å²) in [6, 6.07) is 18.3. The van der Waals surface area contributed by atoms with E-state index in [0.29, 0.717) is 5.69 Å². The van der Waals surface area contributed by atoms with E-state index in [1.54, 1.807) is 24.3 Å². The summed E-state index contributed by atoms with van der Waals surface area (Å²) in [5.41, 5.74) is 2.85. The predicted molar refractivity (Wildman–Crippen MR) is 110 cm³/mol. The van der Waals surface area contributed by atoms with Crippen LogP contribution in [0.3, 0.4) is 0 Å². The van der Waals surface area contributed by atoms with Crippen molar-refractivity contribution >= 4 is 38.3 Å². The highest BCUT2D eigenvalue weighted by Gasteiger charge is 2.25. The Balaban J connectivity index is 0.00000210. The van der Waals surface area contributed by atoms with Gasteiger partial charge in [-0.3, -0.25) is 0 Å².